The second kappa shape index (κ2) is 10.9. The largest absolute Gasteiger partial charge is 0.372 e. The standard InChI is InChI=1S/C25H35N3O3S2/c1-17(2)25(29)26-23-16-22(10-11-24(23)32-5)33(30,31)27-19(4)20-6-8-21(9-7-20)28-14-12-18(3)13-15-28/h6-11,16-19,27H,12-15H2,1-5H3,(H,26,29). The van der Waals surface area contributed by atoms with Crippen LogP contribution in [-0.4, -0.2) is 33.7 Å². The Morgan fingerprint density at radius 3 is 2.27 bits per heavy atom. The van der Waals surface area contributed by atoms with Crippen molar-refractivity contribution in [2.24, 2.45) is 11.8 Å². The zero-order valence-electron chi connectivity index (χ0n) is 20.1. The molecule has 0 spiro atoms. The monoisotopic (exact) mass is 489 g/mol. The quantitative estimate of drug-likeness (QED) is 0.493. The summed E-state index contributed by atoms with van der Waals surface area (Å²) < 4.78 is 29.0. The van der Waals surface area contributed by atoms with Crippen LogP contribution in [0.5, 0.6) is 0 Å². The van der Waals surface area contributed by atoms with Gasteiger partial charge in [-0.2, -0.15) is 0 Å². The predicted octanol–water partition coefficient (Wildman–Crippen LogP) is 5.28. The van der Waals surface area contributed by atoms with Crippen LogP contribution in [0, 0.1) is 11.8 Å². The summed E-state index contributed by atoms with van der Waals surface area (Å²) in [5, 5.41) is 2.84. The van der Waals surface area contributed by atoms with E-state index in [2.05, 4.69) is 34.0 Å². The molecule has 6 nitrogen and oxygen atoms in total. The topological polar surface area (TPSA) is 78.5 Å². The molecule has 1 unspecified atom stereocenters. The van der Waals surface area contributed by atoms with Crippen LogP contribution in [0.25, 0.3) is 0 Å². The van der Waals surface area contributed by atoms with Crippen molar-refractivity contribution in [3.05, 3.63) is 48.0 Å². The van der Waals surface area contributed by atoms with Crippen LogP contribution in [0.15, 0.2) is 52.3 Å². The van der Waals surface area contributed by atoms with E-state index < -0.39 is 10.0 Å². The SMILES string of the molecule is CSc1ccc(S(=O)(=O)NC(C)c2ccc(N3CCC(C)CC3)cc2)cc1NC(=O)C(C)C. The van der Waals surface area contributed by atoms with E-state index in [1.807, 2.05) is 25.3 Å². The number of rotatable bonds is 8. The molecule has 0 aromatic heterocycles. The first-order valence-corrected chi connectivity index (χ1v) is 14.2. The molecule has 1 atom stereocenters. The highest BCUT2D eigenvalue weighted by atomic mass is 32.2. The van der Waals surface area contributed by atoms with Gasteiger partial charge in [-0.1, -0.05) is 32.9 Å². The first-order chi connectivity index (χ1) is 15.6. The molecule has 1 heterocycles. The van der Waals surface area contributed by atoms with Gasteiger partial charge < -0.3 is 10.2 Å². The molecule has 33 heavy (non-hydrogen) atoms. The van der Waals surface area contributed by atoms with E-state index in [1.54, 1.807) is 26.0 Å². The van der Waals surface area contributed by atoms with Crippen molar-refractivity contribution < 1.29 is 13.2 Å². The molecule has 8 heteroatoms. The lowest BCUT2D eigenvalue weighted by Gasteiger charge is -2.32. The minimum absolute atomic E-state index is 0.130. The lowest BCUT2D eigenvalue weighted by Crippen LogP contribution is -2.32. The molecule has 0 bridgehead atoms. The smallest absolute Gasteiger partial charge is 0.241 e. The summed E-state index contributed by atoms with van der Waals surface area (Å²) in [6.07, 6.45) is 4.29. The number of carbonyl (C=O) groups excluding carboxylic acids is 1. The highest BCUT2D eigenvalue weighted by molar-refractivity contribution is 7.98. The second-order valence-electron chi connectivity index (χ2n) is 9.11. The Morgan fingerprint density at radius 2 is 1.70 bits per heavy atom. The average Bonchev–Trinajstić information content (AvgIpc) is 2.79. The van der Waals surface area contributed by atoms with Gasteiger partial charge in [-0.25, -0.2) is 13.1 Å². The molecule has 3 rings (SSSR count). The molecule has 180 valence electrons. The number of piperidine rings is 1. The summed E-state index contributed by atoms with van der Waals surface area (Å²) in [6, 6.07) is 12.6. The molecule has 1 saturated heterocycles. The minimum atomic E-state index is -3.77. The van der Waals surface area contributed by atoms with E-state index >= 15 is 0 Å². The summed E-state index contributed by atoms with van der Waals surface area (Å²) in [5.74, 6) is 0.429. The van der Waals surface area contributed by atoms with Gasteiger partial charge in [-0.3, -0.25) is 4.79 Å². The number of anilines is 2. The van der Waals surface area contributed by atoms with E-state index in [1.165, 1.54) is 36.4 Å². The highest BCUT2D eigenvalue weighted by Crippen LogP contribution is 2.30. The number of amides is 1. The third-order valence-corrected chi connectivity index (χ3v) is 8.47. The summed E-state index contributed by atoms with van der Waals surface area (Å²) in [6.45, 7) is 9.86. The van der Waals surface area contributed by atoms with Crippen molar-refractivity contribution in [1.82, 2.24) is 4.72 Å². The zero-order chi connectivity index (χ0) is 24.2. The molecule has 2 aromatic rings. The Kier molecular flexibility index (Phi) is 8.48. The van der Waals surface area contributed by atoms with Crippen molar-refractivity contribution in [3.8, 4) is 0 Å². The average molecular weight is 490 g/mol. The molecule has 2 N–H and O–H groups in total. The van der Waals surface area contributed by atoms with Gasteiger partial charge in [-0.15, -0.1) is 11.8 Å². The fourth-order valence-corrected chi connectivity index (χ4v) is 5.63. The molecule has 1 amide bonds. The van der Waals surface area contributed by atoms with Crippen molar-refractivity contribution in [2.45, 2.75) is 56.4 Å². The summed E-state index contributed by atoms with van der Waals surface area (Å²) in [4.78, 5) is 15.5. The predicted molar refractivity (Wildman–Crippen MR) is 137 cm³/mol. The lowest BCUT2D eigenvalue weighted by molar-refractivity contribution is -0.118. The third-order valence-electron chi connectivity index (χ3n) is 6.14. The maximum atomic E-state index is 13.1. The summed E-state index contributed by atoms with van der Waals surface area (Å²) in [5.41, 5.74) is 2.59. The van der Waals surface area contributed by atoms with E-state index in [9.17, 15) is 13.2 Å². The van der Waals surface area contributed by atoms with E-state index in [0.717, 1.165) is 29.5 Å². The number of benzene rings is 2. The van der Waals surface area contributed by atoms with Gasteiger partial charge >= 0.3 is 0 Å². The minimum Gasteiger partial charge on any atom is -0.372 e. The van der Waals surface area contributed by atoms with Gasteiger partial charge in [0.2, 0.25) is 15.9 Å². The molecule has 0 aliphatic carbocycles. The van der Waals surface area contributed by atoms with E-state index in [-0.39, 0.29) is 22.8 Å². The number of hydrogen-bond acceptors (Lipinski definition) is 5. The maximum Gasteiger partial charge on any atom is 0.241 e. The molecule has 1 aliphatic heterocycles. The number of sulfonamides is 1. The van der Waals surface area contributed by atoms with Crippen molar-refractivity contribution in [2.75, 3.05) is 29.6 Å². The first-order valence-electron chi connectivity index (χ1n) is 11.5. The molecule has 2 aromatic carbocycles. The van der Waals surface area contributed by atoms with Crippen LogP contribution in [0.2, 0.25) is 0 Å². The lowest BCUT2D eigenvalue weighted by atomic mass is 9.98. The van der Waals surface area contributed by atoms with Crippen LogP contribution in [-0.2, 0) is 14.8 Å². The van der Waals surface area contributed by atoms with Crippen LogP contribution in [0.1, 0.15) is 52.1 Å². The Balaban J connectivity index is 1.73. The third kappa shape index (κ3) is 6.52. The fourth-order valence-electron chi connectivity index (χ4n) is 3.84. The molecular weight excluding hydrogens is 454 g/mol. The van der Waals surface area contributed by atoms with Gasteiger partial charge in [-0.05, 0) is 67.8 Å². The number of thioether (sulfide) groups is 1. The highest BCUT2D eigenvalue weighted by Gasteiger charge is 2.21. The van der Waals surface area contributed by atoms with Crippen molar-refractivity contribution in [3.63, 3.8) is 0 Å². The molecule has 1 fully saturated rings. The Morgan fingerprint density at radius 1 is 1.06 bits per heavy atom. The molecule has 0 saturated carbocycles. The number of nitrogens with zero attached hydrogens (tertiary/aromatic N) is 1. The molecular formula is C25H35N3O3S2. The first kappa shape index (κ1) is 25.6. The van der Waals surface area contributed by atoms with Crippen LogP contribution < -0.4 is 14.9 Å². The fraction of sp³-hybridized carbons (Fsp3) is 0.480. The van der Waals surface area contributed by atoms with Gasteiger partial charge in [0, 0.05) is 35.6 Å². The second-order valence-corrected chi connectivity index (χ2v) is 11.7. The van der Waals surface area contributed by atoms with Gasteiger partial charge in [0.25, 0.3) is 0 Å². The van der Waals surface area contributed by atoms with Gasteiger partial charge in [0.1, 0.15) is 0 Å². The van der Waals surface area contributed by atoms with Crippen molar-refractivity contribution >= 4 is 39.1 Å². The number of nitrogens with one attached hydrogen (secondary N) is 2. The van der Waals surface area contributed by atoms with Crippen LogP contribution >= 0.6 is 11.8 Å². The van der Waals surface area contributed by atoms with Gasteiger partial charge in [0.15, 0.2) is 0 Å². The van der Waals surface area contributed by atoms with E-state index in [4.69, 9.17) is 0 Å². The zero-order valence-corrected chi connectivity index (χ0v) is 21.7. The summed E-state index contributed by atoms with van der Waals surface area (Å²) >= 11 is 1.46. The van der Waals surface area contributed by atoms with Crippen molar-refractivity contribution in [1.29, 1.82) is 0 Å². The van der Waals surface area contributed by atoms with Crippen LogP contribution in [0.4, 0.5) is 11.4 Å². The Labute approximate surface area is 202 Å². The normalized spacial score (nSPS) is 16.1. The number of carbonyl (C=O) groups is 1. The summed E-state index contributed by atoms with van der Waals surface area (Å²) in [7, 11) is -3.77. The Bertz CT molecular complexity index is 1060. The molecule has 0 radical (unpaired) electrons. The maximum absolute atomic E-state index is 13.1. The van der Waals surface area contributed by atoms with Crippen LogP contribution in [0.3, 0.4) is 0 Å². The van der Waals surface area contributed by atoms with Gasteiger partial charge in [0.05, 0.1) is 10.6 Å². The number of hydrogen-bond donors (Lipinski definition) is 2. The molecule has 1 aliphatic rings. The Hall–Kier alpha value is -2.03. The van der Waals surface area contributed by atoms with E-state index in [0.29, 0.717) is 5.69 Å².